The number of hydrogen-bond donors (Lipinski definition) is 1. The van der Waals surface area contributed by atoms with Crippen LogP contribution in [-0.2, 0) is 29.0 Å². The number of nitrogens with one attached hydrogen (secondary N) is 1. The van der Waals surface area contributed by atoms with Gasteiger partial charge in [-0.15, -0.1) is 0 Å². The zero-order valence-electron chi connectivity index (χ0n) is 18.1. The summed E-state index contributed by atoms with van der Waals surface area (Å²) in [6.45, 7) is 3.69. The highest BCUT2D eigenvalue weighted by Gasteiger charge is 2.27. The molecule has 0 aliphatic heterocycles. The number of ether oxygens (including phenoxy) is 2. The fourth-order valence-corrected chi connectivity index (χ4v) is 3.90. The van der Waals surface area contributed by atoms with E-state index >= 15 is 0 Å². The smallest absolute Gasteiger partial charge is 0.408 e. The van der Waals surface area contributed by atoms with Gasteiger partial charge >= 0.3 is 17.7 Å². The van der Waals surface area contributed by atoms with Crippen LogP contribution in [0.15, 0.2) is 57.7 Å². The zero-order valence-corrected chi connectivity index (χ0v) is 18.1. The van der Waals surface area contributed by atoms with Crippen LogP contribution >= 0.6 is 0 Å². The molecule has 0 spiro atoms. The molecule has 1 aliphatic rings. The average Bonchev–Trinajstić information content (AvgIpc) is 3.27. The Bertz CT molecular complexity index is 1200. The van der Waals surface area contributed by atoms with Crippen LogP contribution in [-0.4, -0.2) is 18.1 Å². The van der Waals surface area contributed by atoms with E-state index in [4.69, 9.17) is 13.9 Å². The molecule has 1 aliphatic carbocycles. The van der Waals surface area contributed by atoms with E-state index in [0.717, 1.165) is 41.3 Å². The SMILES string of the molecule is CC(C)C(NC(=O)OCc1ccccc1)C(=O)Oc1ccc2c3c(c(=O)oc2c1)CCC3. The maximum absolute atomic E-state index is 12.8. The number of rotatable bonds is 6. The van der Waals surface area contributed by atoms with Crippen LogP contribution in [0.3, 0.4) is 0 Å². The summed E-state index contributed by atoms with van der Waals surface area (Å²) in [4.78, 5) is 37.2. The van der Waals surface area contributed by atoms with Crippen molar-refractivity contribution in [2.45, 2.75) is 45.8 Å². The van der Waals surface area contributed by atoms with Crippen LogP contribution in [0.1, 0.15) is 37.0 Å². The first-order valence-electron chi connectivity index (χ1n) is 10.7. The maximum atomic E-state index is 12.8. The number of carbonyl (C=O) groups excluding carboxylic acids is 2. The molecule has 32 heavy (non-hydrogen) atoms. The van der Waals surface area contributed by atoms with Crippen LogP contribution in [0.25, 0.3) is 11.0 Å². The maximum Gasteiger partial charge on any atom is 0.408 e. The van der Waals surface area contributed by atoms with Gasteiger partial charge in [0.25, 0.3) is 0 Å². The molecule has 7 heteroatoms. The minimum Gasteiger partial charge on any atom is -0.445 e. The molecule has 0 fully saturated rings. The van der Waals surface area contributed by atoms with E-state index < -0.39 is 18.1 Å². The normalized spacial score (nSPS) is 13.6. The molecule has 0 bridgehead atoms. The van der Waals surface area contributed by atoms with Gasteiger partial charge < -0.3 is 19.2 Å². The van der Waals surface area contributed by atoms with E-state index in [1.54, 1.807) is 32.0 Å². The molecule has 4 rings (SSSR count). The molecule has 0 radical (unpaired) electrons. The Kier molecular flexibility index (Phi) is 6.25. The highest BCUT2D eigenvalue weighted by molar-refractivity contribution is 5.86. The molecule has 0 saturated heterocycles. The van der Waals surface area contributed by atoms with E-state index in [2.05, 4.69) is 5.32 Å². The first-order valence-corrected chi connectivity index (χ1v) is 10.7. The molecule has 1 atom stereocenters. The topological polar surface area (TPSA) is 94.8 Å². The van der Waals surface area contributed by atoms with Crippen LogP contribution in [0, 0.1) is 5.92 Å². The Hall–Kier alpha value is -3.61. The van der Waals surface area contributed by atoms with E-state index in [1.807, 2.05) is 30.3 Å². The summed E-state index contributed by atoms with van der Waals surface area (Å²) in [5.41, 5.74) is 2.64. The number of carbonyl (C=O) groups is 2. The van der Waals surface area contributed by atoms with E-state index in [1.165, 1.54) is 0 Å². The van der Waals surface area contributed by atoms with Crippen molar-refractivity contribution in [3.63, 3.8) is 0 Å². The van der Waals surface area contributed by atoms with Crippen LogP contribution in [0.2, 0.25) is 0 Å². The lowest BCUT2D eigenvalue weighted by Gasteiger charge is -2.20. The van der Waals surface area contributed by atoms with Gasteiger partial charge in [0.05, 0.1) is 0 Å². The standard InChI is InChI=1S/C25H25NO6/c1-15(2)22(26-25(29)30-14-16-7-4-3-5-8-16)24(28)31-17-11-12-19-18-9-6-10-20(18)23(27)32-21(19)13-17/h3-5,7-8,11-13,15,22H,6,9-10,14H2,1-2H3,(H,26,29). The van der Waals surface area contributed by atoms with Crippen molar-refractivity contribution in [3.8, 4) is 5.75 Å². The van der Waals surface area contributed by atoms with Crippen molar-refractivity contribution < 1.29 is 23.5 Å². The van der Waals surface area contributed by atoms with Gasteiger partial charge in [-0.3, -0.25) is 0 Å². The highest BCUT2D eigenvalue weighted by Crippen LogP contribution is 2.29. The largest absolute Gasteiger partial charge is 0.445 e. The minimum absolute atomic E-state index is 0.0978. The predicted molar refractivity (Wildman–Crippen MR) is 119 cm³/mol. The van der Waals surface area contributed by atoms with Crippen molar-refractivity contribution in [1.82, 2.24) is 5.32 Å². The Morgan fingerprint density at radius 2 is 1.81 bits per heavy atom. The molecule has 1 aromatic heterocycles. The third kappa shape index (κ3) is 4.66. The second-order valence-electron chi connectivity index (χ2n) is 8.21. The molecule has 1 N–H and O–H groups in total. The number of aryl methyl sites for hydroxylation is 1. The summed E-state index contributed by atoms with van der Waals surface area (Å²) in [5.74, 6) is -0.610. The number of alkyl carbamates (subject to hydrolysis) is 1. The van der Waals surface area contributed by atoms with Gasteiger partial charge in [0.15, 0.2) is 0 Å². The van der Waals surface area contributed by atoms with Gasteiger partial charge in [0.1, 0.15) is 24.0 Å². The summed E-state index contributed by atoms with van der Waals surface area (Å²) in [6.07, 6.45) is 1.79. The predicted octanol–water partition coefficient (Wildman–Crippen LogP) is 4.14. The fourth-order valence-electron chi connectivity index (χ4n) is 3.90. The molecular weight excluding hydrogens is 410 g/mol. The second-order valence-corrected chi connectivity index (χ2v) is 8.21. The molecule has 1 unspecified atom stereocenters. The number of hydrogen-bond acceptors (Lipinski definition) is 6. The van der Waals surface area contributed by atoms with Gasteiger partial charge in [-0.05, 0) is 48.4 Å². The Labute approximate surface area is 185 Å². The van der Waals surface area contributed by atoms with Crippen molar-refractivity contribution in [1.29, 1.82) is 0 Å². The first-order chi connectivity index (χ1) is 15.4. The second kappa shape index (κ2) is 9.26. The Balaban J connectivity index is 1.44. The molecule has 2 aromatic carbocycles. The molecular formula is C25H25NO6. The van der Waals surface area contributed by atoms with Crippen molar-refractivity contribution in [3.05, 3.63) is 75.6 Å². The lowest BCUT2D eigenvalue weighted by molar-refractivity contribution is -0.137. The van der Waals surface area contributed by atoms with Gasteiger partial charge in [-0.2, -0.15) is 0 Å². The molecule has 3 aromatic rings. The van der Waals surface area contributed by atoms with Gasteiger partial charge in [0, 0.05) is 17.0 Å². The third-order valence-electron chi connectivity index (χ3n) is 5.57. The molecule has 166 valence electrons. The van der Waals surface area contributed by atoms with Crippen molar-refractivity contribution in [2.75, 3.05) is 0 Å². The summed E-state index contributed by atoms with van der Waals surface area (Å²) < 4.78 is 16.1. The van der Waals surface area contributed by atoms with Crippen LogP contribution < -0.4 is 15.7 Å². The van der Waals surface area contributed by atoms with E-state index in [9.17, 15) is 14.4 Å². The lowest BCUT2D eigenvalue weighted by Crippen LogP contribution is -2.46. The Morgan fingerprint density at radius 3 is 2.56 bits per heavy atom. The average molecular weight is 435 g/mol. The fraction of sp³-hybridized carbons (Fsp3) is 0.320. The van der Waals surface area contributed by atoms with Crippen LogP contribution in [0.5, 0.6) is 5.75 Å². The number of amides is 1. The molecule has 7 nitrogen and oxygen atoms in total. The van der Waals surface area contributed by atoms with Gasteiger partial charge in [-0.1, -0.05) is 44.2 Å². The summed E-state index contributed by atoms with van der Waals surface area (Å²) in [5, 5.41) is 3.44. The summed E-state index contributed by atoms with van der Waals surface area (Å²) >= 11 is 0. The van der Waals surface area contributed by atoms with Crippen molar-refractivity contribution >= 4 is 23.0 Å². The Morgan fingerprint density at radius 1 is 1.06 bits per heavy atom. The lowest BCUT2D eigenvalue weighted by atomic mass is 10.0. The molecule has 1 heterocycles. The summed E-state index contributed by atoms with van der Waals surface area (Å²) in [6, 6.07) is 13.4. The zero-order chi connectivity index (χ0) is 22.7. The van der Waals surface area contributed by atoms with E-state index in [0.29, 0.717) is 5.58 Å². The first kappa shape index (κ1) is 21.6. The monoisotopic (exact) mass is 435 g/mol. The third-order valence-corrected chi connectivity index (χ3v) is 5.57. The van der Waals surface area contributed by atoms with E-state index in [-0.39, 0.29) is 23.9 Å². The van der Waals surface area contributed by atoms with Crippen LogP contribution in [0.4, 0.5) is 4.79 Å². The highest BCUT2D eigenvalue weighted by atomic mass is 16.6. The molecule has 1 amide bonds. The van der Waals surface area contributed by atoms with Gasteiger partial charge in [-0.25, -0.2) is 14.4 Å². The number of esters is 1. The number of fused-ring (bicyclic) bond motifs is 3. The van der Waals surface area contributed by atoms with Crippen molar-refractivity contribution in [2.24, 2.45) is 5.92 Å². The summed E-state index contributed by atoms with van der Waals surface area (Å²) in [7, 11) is 0. The number of benzene rings is 2. The molecule has 0 saturated carbocycles. The minimum atomic E-state index is -0.902. The van der Waals surface area contributed by atoms with Gasteiger partial charge in [0.2, 0.25) is 0 Å². The quantitative estimate of drug-likeness (QED) is 0.355.